The Morgan fingerprint density at radius 3 is 2.90 bits per heavy atom. The number of hydrogen-bond donors (Lipinski definition) is 1. The highest BCUT2D eigenvalue weighted by Crippen LogP contribution is 2.28. The van der Waals surface area contributed by atoms with E-state index in [2.05, 4.69) is 5.10 Å². The fraction of sp³-hybridized carbons (Fsp3) is 0.417. The third-order valence-electron chi connectivity index (χ3n) is 3.12. The lowest BCUT2D eigenvalue weighted by Crippen LogP contribution is -2.29. The second-order valence-electron chi connectivity index (χ2n) is 4.38. The van der Waals surface area contributed by atoms with Crippen LogP contribution in [0.4, 0.5) is 0 Å². The van der Waals surface area contributed by atoms with E-state index in [1.165, 1.54) is 32.7 Å². The zero-order valence-electron chi connectivity index (χ0n) is 11.3. The first-order chi connectivity index (χ1) is 9.46. The van der Waals surface area contributed by atoms with Crippen LogP contribution in [0.3, 0.4) is 0 Å². The van der Waals surface area contributed by atoms with Crippen LogP contribution in [0.25, 0.3) is 0 Å². The van der Waals surface area contributed by atoms with Gasteiger partial charge < -0.3 is 5.11 Å². The fourth-order valence-electron chi connectivity index (χ4n) is 1.79. The summed E-state index contributed by atoms with van der Waals surface area (Å²) in [6.07, 6.45) is 2.74. The van der Waals surface area contributed by atoms with E-state index in [1.807, 2.05) is 24.4 Å². The van der Waals surface area contributed by atoms with Crippen molar-refractivity contribution in [3.63, 3.8) is 0 Å². The van der Waals surface area contributed by atoms with Crippen molar-refractivity contribution in [2.75, 3.05) is 13.7 Å². The topological polar surface area (TPSA) is 75.4 Å². The number of aliphatic hydroxyl groups excluding tert-OH is 1. The minimum atomic E-state index is -3.59. The molecule has 0 saturated carbocycles. The third-order valence-corrected chi connectivity index (χ3v) is 6.04. The van der Waals surface area contributed by atoms with E-state index in [9.17, 15) is 8.42 Å². The van der Waals surface area contributed by atoms with Crippen LogP contribution in [0.5, 0.6) is 0 Å². The van der Waals surface area contributed by atoms with E-state index in [-0.39, 0.29) is 24.1 Å². The highest BCUT2D eigenvalue weighted by atomic mass is 32.2. The van der Waals surface area contributed by atoms with Gasteiger partial charge in [-0.05, 0) is 18.4 Å². The lowest BCUT2D eigenvalue weighted by molar-refractivity contribution is 0.269. The van der Waals surface area contributed by atoms with Crippen molar-refractivity contribution in [1.29, 1.82) is 0 Å². The molecule has 0 aromatic carbocycles. The van der Waals surface area contributed by atoms with E-state index in [1.54, 1.807) is 7.05 Å². The van der Waals surface area contributed by atoms with Crippen molar-refractivity contribution < 1.29 is 13.5 Å². The van der Waals surface area contributed by atoms with Gasteiger partial charge in [0.15, 0.2) is 0 Å². The van der Waals surface area contributed by atoms with Crippen LogP contribution in [0.2, 0.25) is 0 Å². The van der Waals surface area contributed by atoms with Crippen LogP contribution >= 0.6 is 11.3 Å². The van der Waals surface area contributed by atoms with Gasteiger partial charge in [-0.25, -0.2) is 8.42 Å². The zero-order valence-corrected chi connectivity index (χ0v) is 12.9. The first-order valence-corrected chi connectivity index (χ1v) is 8.43. The SMILES string of the molecule is CC(c1cccs1)N(C)S(=O)(=O)c1cnn(CCO)c1. The van der Waals surface area contributed by atoms with Gasteiger partial charge in [0.2, 0.25) is 10.0 Å². The lowest BCUT2D eigenvalue weighted by atomic mass is 10.3. The van der Waals surface area contributed by atoms with Crippen molar-refractivity contribution in [2.24, 2.45) is 0 Å². The van der Waals surface area contributed by atoms with Crippen LogP contribution in [0.15, 0.2) is 34.8 Å². The minimum Gasteiger partial charge on any atom is -0.394 e. The van der Waals surface area contributed by atoms with E-state index >= 15 is 0 Å². The molecule has 2 rings (SSSR count). The van der Waals surface area contributed by atoms with Crippen molar-refractivity contribution in [3.8, 4) is 0 Å². The van der Waals surface area contributed by atoms with Gasteiger partial charge in [0.05, 0.1) is 25.4 Å². The van der Waals surface area contributed by atoms with Gasteiger partial charge in [0.25, 0.3) is 0 Å². The molecule has 1 unspecified atom stereocenters. The maximum absolute atomic E-state index is 12.5. The van der Waals surface area contributed by atoms with Crippen LogP contribution in [-0.2, 0) is 16.6 Å². The molecule has 110 valence electrons. The Bertz CT molecular complexity index is 649. The quantitative estimate of drug-likeness (QED) is 0.872. The second kappa shape index (κ2) is 6.04. The Hall–Kier alpha value is -1.22. The molecule has 2 aromatic heterocycles. The monoisotopic (exact) mass is 315 g/mol. The van der Waals surface area contributed by atoms with Gasteiger partial charge in [-0.3, -0.25) is 4.68 Å². The van der Waals surface area contributed by atoms with E-state index in [0.717, 1.165) is 4.88 Å². The van der Waals surface area contributed by atoms with E-state index in [0.29, 0.717) is 0 Å². The highest BCUT2D eigenvalue weighted by molar-refractivity contribution is 7.89. The molecule has 0 bridgehead atoms. The maximum Gasteiger partial charge on any atom is 0.246 e. The Morgan fingerprint density at radius 1 is 1.55 bits per heavy atom. The highest BCUT2D eigenvalue weighted by Gasteiger charge is 2.28. The summed E-state index contributed by atoms with van der Waals surface area (Å²) in [5.41, 5.74) is 0. The van der Waals surface area contributed by atoms with E-state index in [4.69, 9.17) is 5.11 Å². The Kier molecular flexibility index (Phi) is 4.59. The lowest BCUT2D eigenvalue weighted by Gasteiger charge is -2.22. The molecule has 0 aliphatic heterocycles. The Labute approximate surface area is 122 Å². The van der Waals surface area contributed by atoms with Crippen molar-refractivity contribution in [2.45, 2.75) is 24.4 Å². The molecular weight excluding hydrogens is 298 g/mol. The fourth-order valence-corrected chi connectivity index (χ4v) is 3.98. The van der Waals surface area contributed by atoms with Crippen molar-refractivity contribution in [3.05, 3.63) is 34.8 Å². The standard InChI is InChI=1S/C12H17N3O3S2/c1-10(12-4-3-7-19-12)14(2)20(17,18)11-8-13-15(9-11)5-6-16/h3-4,7-10,16H,5-6H2,1-2H3. The number of nitrogens with zero attached hydrogens (tertiary/aromatic N) is 3. The molecule has 0 aliphatic rings. The summed E-state index contributed by atoms with van der Waals surface area (Å²) in [4.78, 5) is 1.12. The summed E-state index contributed by atoms with van der Waals surface area (Å²) in [5.74, 6) is 0. The van der Waals surface area contributed by atoms with Crippen molar-refractivity contribution in [1.82, 2.24) is 14.1 Å². The average Bonchev–Trinajstić information content (AvgIpc) is 3.08. The molecule has 0 fully saturated rings. The second-order valence-corrected chi connectivity index (χ2v) is 7.35. The van der Waals surface area contributed by atoms with Gasteiger partial charge in [0, 0.05) is 18.1 Å². The molecule has 0 spiro atoms. The molecule has 0 aliphatic carbocycles. The average molecular weight is 315 g/mol. The summed E-state index contributed by atoms with van der Waals surface area (Å²) in [6, 6.07) is 3.58. The molecule has 1 atom stereocenters. The number of aromatic nitrogens is 2. The number of aliphatic hydroxyl groups is 1. The smallest absolute Gasteiger partial charge is 0.246 e. The van der Waals surface area contributed by atoms with Crippen LogP contribution < -0.4 is 0 Å². The number of rotatable bonds is 6. The molecular formula is C12H17N3O3S2. The Balaban J connectivity index is 2.24. The number of thiophene rings is 1. The largest absolute Gasteiger partial charge is 0.394 e. The van der Waals surface area contributed by atoms with Crippen LogP contribution in [0, 0.1) is 0 Å². The third kappa shape index (κ3) is 2.93. The normalized spacial score (nSPS) is 13.8. The summed E-state index contributed by atoms with van der Waals surface area (Å²) in [6.45, 7) is 2.05. The van der Waals surface area contributed by atoms with Gasteiger partial charge in [0.1, 0.15) is 4.90 Å². The van der Waals surface area contributed by atoms with Crippen LogP contribution in [0.1, 0.15) is 17.8 Å². The molecule has 1 N–H and O–H groups in total. The van der Waals surface area contributed by atoms with Gasteiger partial charge >= 0.3 is 0 Å². The van der Waals surface area contributed by atoms with Crippen LogP contribution in [-0.4, -0.2) is 41.3 Å². The predicted octanol–water partition coefficient (Wildman–Crippen LogP) is 1.32. The molecule has 0 amide bonds. The zero-order chi connectivity index (χ0) is 14.8. The summed E-state index contributed by atoms with van der Waals surface area (Å²) >= 11 is 1.52. The summed E-state index contributed by atoms with van der Waals surface area (Å²) in [7, 11) is -2.03. The molecule has 20 heavy (non-hydrogen) atoms. The minimum absolute atomic E-state index is 0.0807. The molecule has 2 aromatic rings. The molecule has 2 heterocycles. The van der Waals surface area contributed by atoms with Crippen molar-refractivity contribution >= 4 is 21.4 Å². The predicted molar refractivity (Wildman–Crippen MR) is 77.0 cm³/mol. The van der Waals surface area contributed by atoms with E-state index < -0.39 is 10.0 Å². The first kappa shape index (κ1) is 15.2. The molecule has 0 radical (unpaired) electrons. The molecule has 8 heteroatoms. The Morgan fingerprint density at radius 2 is 2.30 bits per heavy atom. The molecule has 6 nitrogen and oxygen atoms in total. The van der Waals surface area contributed by atoms with Gasteiger partial charge in [-0.1, -0.05) is 6.07 Å². The number of sulfonamides is 1. The molecule has 0 saturated heterocycles. The van der Waals surface area contributed by atoms with Gasteiger partial charge in [-0.2, -0.15) is 9.40 Å². The summed E-state index contributed by atoms with van der Waals surface area (Å²) < 4.78 is 27.7. The first-order valence-electron chi connectivity index (χ1n) is 6.11. The van der Waals surface area contributed by atoms with Gasteiger partial charge in [-0.15, -0.1) is 11.3 Å². The maximum atomic E-state index is 12.5. The summed E-state index contributed by atoms with van der Waals surface area (Å²) in [5, 5.41) is 14.7. The number of hydrogen-bond acceptors (Lipinski definition) is 5.